The van der Waals surface area contributed by atoms with Crippen LogP contribution in [0.1, 0.15) is 38.5 Å². The first kappa shape index (κ1) is 13.7. The van der Waals surface area contributed by atoms with E-state index in [0.717, 1.165) is 5.06 Å². The van der Waals surface area contributed by atoms with Crippen molar-refractivity contribution in [2.75, 3.05) is 0 Å². The summed E-state index contributed by atoms with van der Waals surface area (Å²) in [7, 11) is 0. The lowest BCUT2D eigenvalue weighted by Crippen LogP contribution is -2.34. The van der Waals surface area contributed by atoms with Crippen molar-refractivity contribution in [1.29, 1.82) is 0 Å². The topological polar surface area (TPSA) is 83.9 Å². The summed E-state index contributed by atoms with van der Waals surface area (Å²) in [6.07, 6.45) is 5.87. The zero-order valence-electron chi connectivity index (χ0n) is 10.6. The number of carboxylic acids is 1. The van der Waals surface area contributed by atoms with Crippen LogP contribution in [0, 0.1) is 5.92 Å². The third-order valence-corrected chi connectivity index (χ3v) is 3.43. The van der Waals surface area contributed by atoms with Crippen molar-refractivity contribution < 1.29 is 24.3 Å². The van der Waals surface area contributed by atoms with Crippen LogP contribution < -0.4 is 0 Å². The highest BCUT2D eigenvalue weighted by molar-refractivity contribution is 6.00. The van der Waals surface area contributed by atoms with Crippen molar-refractivity contribution in [3.05, 3.63) is 12.2 Å². The number of carbonyl (C=O) groups is 3. The average molecular weight is 267 g/mol. The molecule has 1 N–H and O–H groups in total. The Kier molecular flexibility index (Phi) is 4.31. The van der Waals surface area contributed by atoms with Crippen molar-refractivity contribution in [2.24, 2.45) is 5.92 Å². The van der Waals surface area contributed by atoms with Gasteiger partial charge in [-0.15, -0.1) is 0 Å². The minimum atomic E-state index is -0.803. The molecule has 1 aliphatic heterocycles. The van der Waals surface area contributed by atoms with Crippen LogP contribution in [0.2, 0.25) is 0 Å². The highest BCUT2D eigenvalue weighted by Crippen LogP contribution is 2.23. The molecule has 2 atom stereocenters. The summed E-state index contributed by atoms with van der Waals surface area (Å²) in [5.74, 6) is -1.84. The quantitative estimate of drug-likeness (QED) is 0.615. The van der Waals surface area contributed by atoms with E-state index in [2.05, 4.69) is 0 Å². The predicted molar refractivity (Wildman–Crippen MR) is 64.7 cm³/mol. The molecule has 2 unspecified atom stereocenters. The van der Waals surface area contributed by atoms with Gasteiger partial charge in [-0.3, -0.25) is 19.2 Å². The second-order valence-corrected chi connectivity index (χ2v) is 4.84. The first-order chi connectivity index (χ1) is 9.08. The highest BCUT2D eigenvalue weighted by Gasteiger charge is 2.32. The highest BCUT2D eigenvalue weighted by atomic mass is 16.7. The number of carboxylic acid groups (broad SMARTS) is 1. The van der Waals surface area contributed by atoms with Crippen molar-refractivity contribution in [3.8, 4) is 0 Å². The average Bonchev–Trinajstić information content (AvgIpc) is 2.63. The van der Waals surface area contributed by atoms with Gasteiger partial charge in [0.2, 0.25) is 0 Å². The molecule has 6 nitrogen and oxygen atoms in total. The minimum Gasteiger partial charge on any atom is -0.481 e. The minimum absolute atomic E-state index is 0.188. The summed E-state index contributed by atoms with van der Waals surface area (Å²) in [6, 6.07) is 0. The summed E-state index contributed by atoms with van der Waals surface area (Å²) < 4.78 is 0. The molecule has 0 aromatic rings. The van der Waals surface area contributed by atoms with Crippen molar-refractivity contribution >= 4 is 17.8 Å². The van der Waals surface area contributed by atoms with Crippen molar-refractivity contribution in [3.63, 3.8) is 0 Å². The van der Waals surface area contributed by atoms with Gasteiger partial charge in [0.1, 0.15) is 6.10 Å². The van der Waals surface area contributed by atoms with E-state index in [-0.39, 0.29) is 30.6 Å². The second-order valence-electron chi connectivity index (χ2n) is 4.84. The summed E-state index contributed by atoms with van der Waals surface area (Å²) in [5, 5.41) is 9.85. The number of aliphatic carboxylic acids is 1. The molecular weight excluding hydrogens is 250 g/mol. The van der Waals surface area contributed by atoms with Crippen LogP contribution >= 0.6 is 0 Å². The molecule has 2 rings (SSSR count). The fourth-order valence-electron chi connectivity index (χ4n) is 2.30. The lowest BCUT2D eigenvalue weighted by Gasteiger charge is -2.22. The maximum absolute atomic E-state index is 11.4. The number of rotatable bonds is 3. The first-order valence-electron chi connectivity index (χ1n) is 6.50. The zero-order chi connectivity index (χ0) is 13.8. The van der Waals surface area contributed by atoms with E-state index in [1.54, 1.807) is 6.08 Å². The van der Waals surface area contributed by atoms with Crippen LogP contribution in [0.3, 0.4) is 0 Å². The maximum atomic E-state index is 11.4. The molecule has 0 spiro atoms. The number of carbonyl (C=O) groups excluding carboxylic acids is 2. The van der Waals surface area contributed by atoms with Crippen LogP contribution in [0.5, 0.6) is 0 Å². The van der Waals surface area contributed by atoms with Gasteiger partial charge >= 0.3 is 5.97 Å². The lowest BCUT2D eigenvalue weighted by atomic mass is 9.93. The number of allylic oxidation sites excluding steroid dienone is 1. The molecule has 19 heavy (non-hydrogen) atoms. The van der Waals surface area contributed by atoms with Crippen LogP contribution in [-0.4, -0.2) is 34.1 Å². The Labute approximate surface area is 111 Å². The van der Waals surface area contributed by atoms with Crippen LogP contribution in [0.25, 0.3) is 0 Å². The molecule has 2 aliphatic rings. The molecule has 0 aromatic carbocycles. The molecule has 1 aliphatic carbocycles. The normalized spacial score (nSPS) is 30.0. The molecule has 1 fully saturated rings. The number of amides is 2. The lowest BCUT2D eigenvalue weighted by molar-refractivity contribution is -0.197. The van der Waals surface area contributed by atoms with E-state index in [0.29, 0.717) is 25.7 Å². The number of hydrogen-bond donors (Lipinski definition) is 1. The van der Waals surface area contributed by atoms with E-state index >= 15 is 0 Å². The maximum Gasteiger partial charge on any atom is 0.306 e. The van der Waals surface area contributed by atoms with Crippen LogP contribution in [0.15, 0.2) is 12.2 Å². The molecule has 2 amide bonds. The van der Waals surface area contributed by atoms with Gasteiger partial charge in [-0.25, -0.2) is 0 Å². The Balaban J connectivity index is 1.96. The molecule has 6 heteroatoms. The molecule has 1 heterocycles. The Hall–Kier alpha value is -1.69. The zero-order valence-corrected chi connectivity index (χ0v) is 10.6. The second kappa shape index (κ2) is 5.97. The third-order valence-electron chi connectivity index (χ3n) is 3.43. The van der Waals surface area contributed by atoms with Gasteiger partial charge in [0.25, 0.3) is 11.8 Å². The fraction of sp³-hybridized carbons (Fsp3) is 0.615. The largest absolute Gasteiger partial charge is 0.481 e. The van der Waals surface area contributed by atoms with E-state index in [4.69, 9.17) is 9.94 Å². The Morgan fingerprint density at radius 2 is 1.89 bits per heavy atom. The van der Waals surface area contributed by atoms with Crippen molar-refractivity contribution in [2.45, 2.75) is 44.6 Å². The van der Waals surface area contributed by atoms with Gasteiger partial charge in [-0.2, -0.15) is 5.06 Å². The van der Waals surface area contributed by atoms with E-state index in [1.165, 1.54) is 0 Å². The fourth-order valence-corrected chi connectivity index (χ4v) is 2.30. The monoisotopic (exact) mass is 267 g/mol. The molecule has 0 bridgehead atoms. The standard InChI is InChI=1S/C13H17NO5/c15-11-7-8-12(16)14(11)19-10-4-2-1-3-9(5-6-10)13(17)18/h2,4,9-10H,1,3,5-8H2,(H,17,18)/b4-2+. The summed E-state index contributed by atoms with van der Waals surface area (Å²) in [4.78, 5) is 39.3. The van der Waals surface area contributed by atoms with Gasteiger partial charge in [-0.05, 0) is 25.7 Å². The molecule has 0 saturated carbocycles. The Morgan fingerprint density at radius 1 is 1.21 bits per heavy atom. The number of hydrogen-bond acceptors (Lipinski definition) is 4. The molecule has 1 saturated heterocycles. The van der Waals surface area contributed by atoms with Gasteiger partial charge in [0.05, 0.1) is 5.92 Å². The molecule has 0 aromatic heterocycles. The van der Waals surface area contributed by atoms with Gasteiger partial charge in [-0.1, -0.05) is 12.2 Å². The van der Waals surface area contributed by atoms with Gasteiger partial charge in [0, 0.05) is 12.8 Å². The Bertz CT molecular complexity index is 401. The number of imide groups is 1. The third kappa shape index (κ3) is 3.41. The summed E-state index contributed by atoms with van der Waals surface area (Å²) in [6.45, 7) is 0. The summed E-state index contributed by atoms with van der Waals surface area (Å²) >= 11 is 0. The van der Waals surface area contributed by atoms with Crippen molar-refractivity contribution in [1.82, 2.24) is 5.06 Å². The van der Waals surface area contributed by atoms with Crippen LogP contribution in [-0.2, 0) is 19.2 Å². The van der Waals surface area contributed by atoms with Gasteiger partial charge < -0.3 is 5.11 Å². The SMILES string of the molecule is O=C(O)C1CC/C=C/C(ON2C(=O)CCC2=O)CC1. The predicted octanol–water partition coefficient (Wildman–Crippen LogP) is 1.27. The Morgan fingerprint density at radius 3 is 2.53 bits per heavy atom. The smallest absolute Gasteiger partial charge is 0.306 e. The summed E-state index contributed by atoms with van der Waals surface area (Å²) in [5.41, 5.74) is 0. The van der Waals surface area contributed by atoms with Gasteiger partial charge in [0.15, 0.2) is 0 Å². The molecule has 0 radical (unpaired) electrons. The number of hydroxylamine groups is 2. The first-order valence-corrected chi connectivity index (χ1v) is 6.50. The van der Waals surface area contributed by atoms with E-state index in [1.807, 2.05) is 6.08 Å². The van der Waals surface area contributed by atoms with E-state index < -0.39 is 12.1 Å². The van der Waals surface area contributed by atoms with E-state index in [9.17, 15) is 14.4 Å². The molecular formula is C13H17NO5. The van der Waals surface area contributed by atoms with Crippen LogP contribution in [0.4, 0.5) is 0 Å². The molecule has 104 valence electrons. The number of nitrogens with zero attached hydrogens (tertiary/aromatic N) is 1.